The summed E-state index contributed by atoms with van der Waals surface area (Å²) in [6.45, 7) is -0.304. The van der Waals surface area contributed by atoms with E-state index in [0.717, 1.165) is 16.7 Å². The quantitative estimate of drug-likeness (QED) is 0.650. The third kappa shape index (κ3) is 4.18. The fraction of sp³-hybridized carbons (Fsp3) is 0.522. The fourth-order valence-electron chi connectivity index (χ4n) is 5.76. The van der Waals surface area contributed by atoms with E-state index in [9.17, 15) is 9.59 Å². The van der Waals surface area contributed by atoms with Crippen LogP contribution >= 0.6 is 11.8 Å². The minimum Gasteiger partial charge on any atom is -0.466 e. The third-order valence-electron chi connectivity index (χ3n) is 6.87. The SMILES string of the molecule is COC(=O)COc1noc(C(=O)NC2C3CC4CC(C3)CC2C4)c1Sc1ccccc1. The second-order valence-electron chi connectivity index (χ2n) is 8.86. The molecule has 0 saturated heterocycles. The van der Waals surface area contributed by atoms with E-state index in [-0.39, 0.29) is 30.2 Å². The molecule has 4 aliphatic carbocycles. The Labute approximate surface area is 185 Å². The molecule has 4 saturated carbocycles. The average molecular weight is 443 g/mol. The summed E-state index contributed by atoms with van der Waals surface area (Å²) in [6.07, 6.45) is 6.23. The summed E-state index contributed by atoms with van der Waals surface area (Å²) >= 11 is 1.33. The lowest BCUT2D eigenvalue weighted by Gasteiger charge is -2.54. The van der Waals surface area contributed by atoms with E-state index in [1.165, 1.54) is 51.0 Å². The summed E-state index contributed by atoms with van der Waals surface area (Å²) < 4.78 is 15.6. The van der Waals surface area contributed by atoms with Gasteiger partial charge in [0.2, 0.25) is 5.76 Å². The van der Waals surface area contributed by atoms with Crippen molar-refractivity contribution in [3.05, 3.63) is 36.1 Å². The second kappa shape index (κ2) is 8.57. The number of aromatic nitrogens is 1. The van der Waals surface area contributed by atoms with Crippen LogP contribution in [0.2, 0.25) is 0 Å². The highest BCUT2D eigenvalue weighted by Crippen LogP contribution is 2.53. The predicted octanol–water partition coefficient (Wildman–Crippen LogP) is 3.93. The number of methoxy groups -OCH3 is 1. The molecule has 0 aliphatic heterocycles. The van der Waals surface area contributed by atoms with E-state index < -0.39 is 5.97 Å². The molecule has 0 unspecified atom stereocenters. The summed E-state index contributed by atoms with van der Waals surface area (Å²) in [6, 6.07) is 9.81. The summed E-state index contributed by atoms with van der Waals surface area (Å²) in [7, 11) is 1.29. The van der Waals surface area contributed by atoms with Gasteiger partial charge in [-0.15, -0.1) is 0 Å². The first kappa shape index (κ1) is 20.4. The summed E-state index contributed by atoms with van der Waals surface area (Å²) in [5.74, 6) is 2.24. The minimum absolute atomic E-state index is 0.120. The highest BCUT2D eigenvalue weighted by atomic mass is 32.2. The molecule has 1 heterocycles. The van der Waals surface area contributed by atoms with Crippen LogP contribution in [-0.4, -0.2) is 36.8 Å². The Balaban J connectivity index is 1.36. The zero-order valence-corrected chi connectivity index (χ0v) is 18.2. The Bertz CT molecular complexity index is 932. The van der Waals surface area contributed by atoms with Crippen molar-refractivity contribution in [3.63, 3.8) is 0 Å². The highest BCUT2D eigenvalue weighted by molar-refractivity contribution is 7.99. The first-order valence-electron chi connectivity index (χ1n) is 10.8. The lowest BCUT2D eigenvalue weighted by Crippen LogP contribution is -2.55. The Morgan fingerprint density at radius 1 is 1.10 bits per heavy atom. The number of hydrogen-bond donors (Lipinski definition) is 1. The third-order valence-corrected chi connectivity index (χ3v) is 7.94. The molecule has 0 spiro atoms. The summed E-state index contributed by atoms with van der Waals surface area (Å²) in [5, 5.41) is 7.20. The molecule has 4 fully saturated rings. The number of esters is 1. The van der Waals surface area contributed by atoms with Crippen LogP contribution in [0.3, 0.4) is 0 Å². The number of rotatable bonds is 7. The van der Waals surface area contributed by atoms with Crippen LogP contribution < -0.4 is 10.1 Å². The number of ether oxygens (including phenoxy) is 2. The lowest BCUT2D eigenvalue weighted by molar-refractivity contribution is -0.143. The number of benzene rings is 1. The molecule has 0 radical (unpaired) electrons. The van der Waals surface area contributed by atoms with Gasteiger partial charge in [0.25, 0.3) is 11.8 Å². The second-order valence-corrected chi connectivity index (χ2v) is 9.94. The van der Waals surface area contributed by atoms with Crippen molar-refractivity contribution in [1.29, 1.82) is 0 Å². The van der Waals surface area contributed by atoms with Crippen LogP contribution in [0.15, 0.2) is 44.6 Å². The maximum absolute atomic E-state index is 13.3. The van der Waals surface area contributed by atoms with Crippen molar-refractivity contribution in [2.24, 2.45) is 23.7 Å². The van der Waals surface area contributed by atoms with E-state index in [0.29, 0.717) is 16.7 Å². The van der Waals surface area contributed by atoms with Gasteiger partial charge in [0.15, 0.2) is 6.61 Å². The Morgan fingerprint density at radius 2 is 1.77 bits per heavy atom. The van der Waals surface area contributed by atoms with Crippen molar-refractivity contribution >= 4 is 23.6 Å². The molecule has 8 heteroatoms. The largest absolute Gasteiger partial charge is 0.466 e. The Morgan fingerprint density at radius 3 is 2.42 bits per heavy atom. The van der Waals surface area contributed by atoms with Gasteiger partial charge in [0.1, 0.15) is 4.90 Å². The van der Waals surface area contributed by atoms with Crippen LogP contribution in [0.1, 0.15) is 42.7 Å². The lowest BCUT2D eigenvalue weighted by atomic mass is 9.54. The van der Waals surface area contributed by atoms with Crippen LogP contribution in [0, 0.1) is 23.7 Å². The molecule has 1 aromatic carbocycles. The maximum atomic E-state index is 13.3. The van der Waals surface area contributed by atoms with Gasteiger partial charge < -0.3 is 19.3 Å². The number of hydrogen-bond acceptors (Lipinski definition) is 7. The smallest absolute Gasteiger partial charge is 0.343 e. The number of carbonyl (C=O) groups excluding carboxylic acids is 2. The van der Waals surface area contributed by atoms with Crippen molar-refractivity contribution in [2.45, 2.75) is 47.9 Å². The summed E-state index contributed by atoms with van der Waals surface area (Å²) in [5.41, 5.74) is 0. The molecule has 164 valence electrons. The molecule has 1 N–H and O–H groups in total. The molecular formula is C23H26N2O5S. The first-order valence-corrected chi connectivity index (χ1v) is 11.7. The van der Waals surface area contributed by atoms with Crippen molar-refractivity contribution in [1.82, 2.24) is 10.5 Å². The van der Waals surface area contributed by atoms with Crippen molar-refractivity contribution < 1.29 is 23.6 Å². The standard InChI is InChI=1S/C23H26N2O5S/c1-28-18(26)12-29-23-21(31-17-5-3-2-4-6-17)20(30-25-23)22(27)24-19-15-8-13-7-14(10-15)11-16(19)9-13/h2-6,13-16,19H,7-12H2,1H3,(H,24,27). The van der Waals surface area contributed by atoms with E-state index >= 15 is 0 Å². The van der Waals surface area contributed by atoms with Gasteiger partial charge in [-0.05, 0) is 73.1 Å². The van der Waals surface area contributed by atoms with Gasteiger partial charge in [0, 0.05) is 10.9 Å². The van der Waals surface area contributed by atoms with Gasteiger partial charge in [-0.3, -0.25) is 4.79 Å². The van der Waals surface area contributed by atoms with Crippen LogP contribution in [-0.2, 0) is 9.53 Å². The monoisotopic (exact) mass is 442 g/mol. The minimum atomic E-state index is -0.529. The van der Waals surface area contributed by atoms with Gasteiger partial charge in [0.05, 0.1) is 7.11 Å². The highest BCUT2D eigenvalue weighted by Gasteiger charge is 2.49. The number of nitrogens with zero attached hydrogens (tertiary/aromatic N) is 1. The van der Waals surface area contributed by atoms with E-state index in [4.69, 9.17) is 9.26 Å². The topological polar surface area (TPSA) is 90.7 Å². The predicted molar refractivity (Wildman–Crippen MR) is 113 cm³/mol. The van der Waals surface area contributed by atoms with Gasteiger partial charge >= 0.3 is 5.97 Å². The molecule has 4 bridgehead atoms. The molecular weight excluding hydrogens is 416 g/mol. The number of nitrogens with one attached hydrogen (secondary N) is 1. The number of carbonyl (C=O) groups is 2. The number of amides is 1. The molecule has 1 aromatic heterocycles. The van der Waals surface area contributed by atoms with Crippen molar-refractivity contribution in [2.75, 3.05) is 13.7 Å². The first-order chi connectivity index (χ1) is 15.1. The van der Waals surface area contributed by atoms with Crippen LogP contribution in [0.5, 0.6) is 5.88 Å². The van der Waals surface area contributed by atoms with E-state index in [1.807, 2.05) is 30.3 Å². The van der Waals surface area contributed by atoms with Crippen molar-refractivity contribution in [3.8, 4) is 5.88 Å². The molecule has 1 amide bonds. The fourth-order valence-corrected chi connectivity index (χ4v) is 6.70. The molecule has 7 nitrogen and oxygen atoms in total. The van der Waals surface area contributed by atoms with Gasteiger partial charge in [-0.2, -0.15) is 0 Å². The van der Waals surface area contributed by atoms with Crippen LogP contribution in [0.25, 0.3) is 0 Å². The molecule has 31 heavy (non-hydrogen) atoms. The van der Waals surface area contributed by atoms with E-state index in [1.54, 1.807) is 0 Å². The molecule has 4 aliphatic rings. The zero-order valence-electron chi connectivity index (χ0n) is 17.4. The molecule has 2 aromatic rings. The Kier molecular flexibility index (Phi) is 5.65. The molecule has 0 atom stereocenters. The normalized spacial score (nSPS) is 28.4. The van der Waals surface area contributed by atoms with E-state index in [2.05, 4.69) is 15.2 Å². The molecule has 6 rings (SSSR count). The average Bonchev–Trinajstić information content (AvgIpc) is 3.17. The van der Waals surface area contributed by atoms with Gasteiger partial charge in [-0.1, -0.05) is 30.0 Å². The summed E-state index contributed by atoms with van der Waals surface area (Å²) in [4.78, 5) is 26.1. The zero-order chi connectivity index (χ0) is 21.4. The van der Waals surface area contributed by atoms with Gasteiger partial charge in [-0.25, -0.2) is 4.79 Å². The Hall–Kier alpha value is -2.48. The van der Waals surface area contributed by atoms with Crippen LogP contribution in [0.4, 0.5) is 0 Å². The maximum Gasteiger partial charge on any atom is 0.343 e.